The number of allylic oxidation sites excluding steroid dienone is 2. The number of amides is 1. The molecule has 0 aromatic heterocycles. The van der Waals surface area contributed by atoms with Crippen molar-refractivity contribution in [2.45, 2.75) is 0 Å². The molecule has 0 N–H and O–H groups in total. The summed E-state index contributed by atoms with van der Waals surface area (Å²) in [5, 5.41) is 0.526. The van der Waals surface area contributed by atoms with Crippen molar-refractivity contribution >= 4 is 23.3 Å². The number of nitrogens with zero attached hydrogens (tertiary/aromatic N) is 2. The zero-order valence-corrected chi connectivity index (χ0v) is 6.38. The molecule has 2 heterocycles. The van der Waals surface area contributed by atoms with Crippen molar-refractivity contribution in [2.75, 3.05) is 6.54 Å². The van der Waals surface area contributed by atoms with Crippen molar-refractivity contribution in [3.05, 3.63) is 23.4 Å². The van der Waals surface area contributed by atoms with Crippen molar-refractivity contribution in [3.8, 4) is 0 Å². The molecule has 0 aromatic rings. The van der Waals surface area contributed by atoms with Crippen molar-refractivity contribution in [3.63, 3.8) is 0 Å². The number of carbonyl (C=O) groups is 1. The summed E-state index contributed by atoms with van der Waals surface area (Å²) >= 11 is 5.77. The largest absolute Gasteiger partial charge is 0.322 e. The highest BCUT2D eigenvalue weighted by Gasteiger charge is 2.24. The van der Waals surface area contributed by atoms with Crippen LogP contribution in [0.5, 0.6) is 0 Å². The van der Waals surface area contributed by atoms with Gasteiger partial charge in [-0.1, -0.05) is 11.6 Å². The first-order valence-corrected chi connectivity index (χ1v) is 3.58. The SMILES string of the molecule is O=C1CN2C=CC=C(Cl)C2=N1. The number of carbonyl (C=O) groups excluding carboxylic acids is 1. The molecule has 2 rings (SSSR count). The topological polar surface area (TPSA) is 32.7 Å². The fourth-order valence-corrected chi connectivity index (χ4v) is 1.28. The number of fused-ring (bicyclic) bond motifs is 1. The van der Waals surface area contributed by atoms with Gasteiger partial charge in [-0.25, -0.2) is 0 Å². The fraction of sp³-hybridized carbons (Fsp3) is 0.143. The van der Waals surface area contributed by atoms with Crippen molar-refractivity contribution in [1.82, 2.24) is 4.90 Å². The quantitative estimate of drug-likeness (QED) is 0.538. The number of hydrogen-bond donors (Lipinski definition) is 0. The number of aliphatic imine (C=N–C) groups is 1. The number of hydrogen-bond acceptors (Lipinski definition) is 2. The third kappa shape index (κ3) is 0.973. The number of amidine groups is 1. The molecule has 0 bridgehead atoms. The highest BCUT2D eigenvalue weighted by molar-refractivity contribution is 6.44. The van der Waals surface area contributed by atoms with Gasteiger partial charge >= 0.3 is 0 Å². The maximum Gasteiger partial charge on any atom is 0.267 e. The maximum absolute atomic E-state index is 10.8. The van der Waals surface area contributed by atoms with Crippen molar-refractivity contribution in [1.29, 1.82) is 0 Å². The Morgan fingerprint density at radius 3 is 3.18 bits per heavy atom. The van der Waals surface area contributed by atoms with Crippen LogP contribution in [0.1, 0.15) is 0 Å². The molecule has 0 saturated carbocycles. The van der Waals surface area contributed by atoms with E-state index in [9.17, 15) is 4.79 Å². The molecule has 2 aliphatic rings. The maximum atomic E-state index is 10.8. The van der Waals surface area contributed by atoms with Crippen LogP contribution in [0.15, 0.2) is 28.4 Å². The predicted molar refractivity (Wildman–Crippen MR) is 42.2 cm³/mol. The van der Waals surface area contributed by atoms with E-state index < -0.39 is 0 Å². The highest BCUT2D eigenvalue weighted by atomic mass is 35.5. The smallest absolute Gasteiger partial charge is 0.267 e. The van der Waals surface area contributed by atoms with E-state index in [-0.39, 0.29) is 5.91 Å². The number of halogens is 1. The molecule has 2 aliphatic heterocycles. The van der Waals surface area contributed by atoms with Gasteiger partial charge in [0, 0.05) is 6.20 Å². The molecule has 0 spiro atoms. The normalized spacial score (nSPS) is 21.5. The van der Waals surface area contributed by atoms with Crippen molar-refractivity contribution < 1.29 is 4.79 Å². The van der Waals surface area contributed by atoms with Gasteiger partial charge in [0.2, 0.25) is 0 Å². The van der Waals surface area contributed by atoms with Crippen LogP contribution in [0.3, 0.4) is 0 Å². The molecule has 1 amide bonds. The van der Waals surface area contributed by atoms with E-state index in [0.717, 1.165) is 0 Å². The molecule has 0 saturated heterocycles. The van der Waals surface area contributed by atoms with E-state index in [1.807, 2.05) is 0 Å². The van der Waals surface area contributed by atoms with Gasteiger partial charge in [0.25, 0.3) is 5.91 Å². The monoisotopic (exact) mass is 168 g/mol. The first kappa shape index (κ1) is 6.61. The van der Waals surface area contributed by atoms with Crippen LogP contribution in [0.4, 0.5) is 0 Å². The first-order valence-electron chi connectivity index (χ1n) is 3.20. The Balaban J connectivity index is 2.43. The van der Waals surface area contributed by atoms with Crippen molar-refractivity contribution in [2.24, 2.45) is 4.99 Å². The molecule has 0 aromatic carbocycles. The summed E-state index contributed by atoms with van der Waals surface area (Å²) in [7, 11) is 0. The summed E-state index contributed by atoms with van der Waals surface area (Å²) < 4.78 is 0. The summed E-state index contributed by atoms with van der Waals surface area (Å²) in [4.78, 5) is 16.3. The summed E-state index contributed by atoms with van der Waals surface area (Å²) in [6, 6.07) is 0. The Bertz CT molecular complexity index is 304. The minimum absolute atomic E-state index is 0.141. The van der Waals surface area contributed by atoms with Crippen LogP contribution in [0.2, 0.25) is 0 Å². The lowest BCUT2D eigenvalue weighted by Gasteiger charge is -2.15. The Kier molecular flexibility index (Phi) is 1.32. The van der Waals surface area contributed by atoms with Gasteiger partial charge < -0.3 is 4.90 Å². The summed E-state index contributed by atoms with van der Waals surface area (Å²) in [6.45, 7) is 0.315. The molecule has 0 fully saturated rings. The van der Waals surface area contributed by atoms with Gasteiger partial charge in [0.1, 0.15) is 6.54 Å². The van der Waals surface area contributed by atoms with E-state index >= 15 is 0 Å². The van der Waals surface area contributed by atoms with Crippen LogP contribution in [0, 0.1) is 0 Å². The number of rotatable bonds is 0. The summed E-state index contributed by atoms with van der Waals surface area (Å²) in [5.41, 5.74) is 0. The molecular formula is C7H5ClN2O. The molecule has 0 aliphatic carbocycles. The van der Waals surface area contributed by atoms with Gasteiger partial charge in [-0.15, -0.1) is 0 Å². The highest BCUT2D eigenvalue weighted by Crippen LogP contribution is 2.18. The minimum atomic E-state index is -0.141. The van der Waals surface area contributed by atoms with Gasteiger partial charge in [-0.05, 0) is 12.2 Å². The van der Waals surface area contributed by atoms with Crippen LogP contribution < -0.4 is 0 Å². The second kappa shape index (κ2) is 2.20. The van der Waals surface area contributed by atoms with Gasteiger partial charge in [-0.2, -0.15) is 4.99 Å². The first-order chi connectivity index (χ1) is 5.27. The zero-order chi connectivity index (χ0) is 7.84. The molecule has 0 unspecified atom stereocenters. The molecular weight excluding hydrogens is 164 g/mol. The van der Waals surface area contributed by atoms with Gasteiger partial charge in [0.15, 0.2) is 5.84 Å². The lowest BCUT2D eigenvalue weighted by Crippen LogP contribution is -2.24. The molecule has 0 atom stereocenters. The molecule has 0 radical (unpaired) electrons. The van der Waals surface area contributed by atoms with Gasteiger partial charge in [0.05, 0.1) is 5.03 Å². The minimum Gasteiger partial charge on any atom is -0.322 e. The third-order valence-corrected chi connectivity index (χ3v) is 1.83. The average Bonchev–Trinajstić information content (AvgIpc) is 2.31. The van der Waals surface area contributed by atoms with Crippen LogP contribution in [-0.4, -0.2) is 23.2 Å². The zero-order valence-electron chi connectivity index (χ0n) is 5.62. The van der Waals surface area contributed by atoms with E-state index in [2.05, 4.69) is 4.99 Å². The molecule has 11 heavy (non-hydrogen) atoms. The van der Waals surface area contributed by atoms with E-state index in [4.69, 9.17) is 11.6 Å². The summed E-state index contributed by atoms with van der Waals surface area (Å²) in [5.74, 6) is 0.428. The van der Waals surface area contributed by atoms with Gasteiger partial charge in [-0.3, -0.25) is 4.79 Å². The lowest BCUT2D eigenvalue weighted by atomic mass is 10.3. The average molecular weight is 169 g/mol. The Morgan fingerprint density at radius 2 is 2.45 bits per heavy atom. The predicted octanol–water partition coefficient (Wildman–Crippen LogP) is 0.877. The third-order valence-electron chi connectivity index (χ3n) is 1.53. The second-order valence-electron chi connectivity index (χ2n) is 2.31. The Hall–Kier alpha value is -1.09. The lowest BCUT2D eigenvalue weighted by molar-refractivity contribution is -0.116. The fourth-order valence-electron chi connectivity index (χ4n) is 1.06. The van der Waals surface area contributed by atoms with Crippen LogP contribution in [-0.2, 0) is 4.79 Å². The van der Waals surface area contributed by atoms with Crippen LogP contribution >= 0.6 is 11.6 Å². The standard InChI is InChI=1S/C7H5ClN2O/c8-5-2-1-3-10-4-6(11)9-7(5)10/h1-3H,4H2. The van der Waals surface area contributed by atoms with Crippen LogP contribution in [0.25, 0.3) is 0 Å². The van der Waals surface area contributed by atoms with E-state index in [1.165, 1.54) is 0 Å². The molecule has 4 heteroatoms. The van der Waals surface area contributed by atoms with E-state index in [1.54, 1.807) is 23.3 Å². The molecule has 56 valence electrons. The molecule has 3 nitrogen and oxygen atoms in total. The van der Waals surface area contributed by atoms with E-state index in [0.29, 0.717) is 17.4 Å². The Morgan fingerprint density at radius 1 is 1.64 bits per heavy atom. The second-order valence-corrected chi connectivity index (χ2v) is 2.72. The summed E-state index contributed by atoms with van der Waals surface area (Å²) in [6.07, 6.45) is 5.30. The Labute approximate surface area is 68.7 Å².